The Bertz CT molecular complexity index is 509. The van der Waals surface area contributed by atoms with Crippen molar-refractivity contribution in [1.82, 2.24) is 4.72 Å². The van der Waals surface area contributed by atoms with E-state index in [-0.39, 0.29) is 9.62 Å². The van der Waals surface area contributed by atoms with Crippen molar-refractivity contribution in [1.29, 1.82) is 0 Å². The summed E-state index contributed by atoms with van der Waals surface area (Å²) in [6.07, 6.45) is 1.97. The molecule has 19 heavy (non-hydrogen) atoms. The van der Waals surface area contributed by atoms with Crippen molar-refractivity contribution >= 4 is 64.8 Å². The summed E-state index contributed by atoms with van der Waals surface area (Å²) >= 11 is 13.6. The number of hydrogen-bond acceptors (Lipinski definition) is 3. The normalized spacial score (nSPS) is 12.9. The lowest BCUT2D eigenvalue weighted by molar-refractivity contribution is 0.332. The fraction of sp³-hybridized carbons (Fsp3) is 0.636. The van der Waals surface area contributed by atoms with Crippen LogP contribution in [0.1, 0.15) is 26.7 Å². The number of hydrogen-bond donors (Lipinski definition) is 1. The molecular weight excluding hydrogens is 438 g/mol. The lowest BCUT2D eigenvalue weighted by Gasteiger charge is -2.24. The van der Waals surface area contributed by atoms with E-state index in [2.05, 4.69) is 50.4 Å². The predicted molar refractivity (Wildman–Crippen MR) is 89.0 cm³/mol. The summed E-state index contributed by atoms with van der Waals surface area (Å²) in [5.74, 6) is 0. The molecule has 0 spiro atoms. The van der Waals surface area contributed by atoms with Crippen molar-refractivity contribution in [2.75, 3.05) is 11.9 Å². The highest BCUT2D eigenvalue weighted by atomic mass is 79.9. The molecule has 0 fully saturated rings. The zero-order chi connectivity index (χ0) is 14.7. The second-order valence-electron chi connectivity index (χ2n) is 4.97. The zero-order valence-corrected chi connectivity index (χ0v) is 16.2. The first-order valence-corrected chi connectivity index (χ1v) is 10.3. The number of nitrogens with one attached hydrogen (secondary N) is 1. The highest BCUT2D eigenvalue weighted by Gasteiger charge is 2.24. The number of rotatable bonds is 7. The van der Waals surface area contributed by atoms with Crippen LogP contribution in [0, 0.1) is 5.41 Å². The first-order chi connectivity index (χ1) is 8.68. The third-order valence-electron chi connectivity index (χ3n) is 2.62. The molecule has 0 aliphatic rings. The van der Waals surface area contributed by atoms with Crippen molar-refractivity contribution < 1.29 is 8.42 Å². The maximum atomic E-state index is 12.1. The molecule has 0 saturated carbocycles. The molecule has 0 aliphatic heterocycles. The average Bonchev–Trinajstić information content (AvgIpc) is 2.66. The van der Waals surface area contributed by atoms with Crippen molar-refractivity contribution in [2.24, 2.45) is 5.41 Å². The monoisotopic (exact) mass is 451 g/mol. The highest BCUT2D eigenvalue weighted by molar-refractivity contribution is 9.11. The van der Waals surface area contributed by atoms with Gasteiger partial charge >= 0.3 is 0 Å². The van der Waals surface area contributed by atoms with Gasteiger partial charge in [-0.3, -0.25) is 0 Å². The van der Waals surface area contributed by atoms with Crippen LogP contribution in [0.4, 0.5) is 0 Å². The molecule has 0 atom stereocenters. The highest BCUT2D eigenvalue weighted by Crippen LogP contribution is 2.34. The Balaban J connectivity index is 2.70. The van der Waals surface area contributed by atoms with Crippen molar-refractivity contribution in [2.45, 2.75) is 30.9 Å². The van der Waals surface area contributed by atoms with Crippen LogP contribution in [0.25, 0.3) is 0 Å². The molecule has 0 unspecified atom stereocenters. The first kappa shape index (κ1) is 17.9. The zero-order valence-electron chi connectivity index (χ0n) is 10.7. The minimum atomic E-state index is -3.48. The molecule has 1 heterocycles. The van der Waals surface area contributed by atoms with Crippen molar-refractivity contribution in [3.63, 3.8) is 0 Å². The Labute approximate surface area is 140 Å². The Morgan fingerprint density at radius 2 is 2.11 bits per heavy atom. The van der Waals surface area contributed by atoms with E-state index in [1.807, 2.05) is 0 Å². The van der Waals surface area contributed by atoms with Gasteiger partial charge in [0, 0.05) is 11.9 Å². The summed E-state index contributed by atoms with van der Waals surface area (Å²) in [5.41, 5.74) is -0.0703. The molecule has 0 aromatic carbocycles. The summed E-state index contributed by atoms with van der Waals surface area (Å²) in [4.78, 5) is 0. The van der Waals surface area contributed by atoms with Crippen LogP contribution in [-0.2, 0) is 10.0 Å². The second-order valence-corrected chi connectivity index (χ2v) is 10.5. The molecule has 1 rings (SSSR count). The molecule has 0 bridgehead atoms. The Kier molecular flexibility index (Phi) is 6.81. The van der Waals surface area contributed by atoms with E-state index in [1.165, 1.54) is 6.07 Å². The van der Waals surface area contributed by atoms with Gasteiger partial charge < -0.3 is 0 Å². The summed E-state index contributed by atoms with van der Waals surface area (Å²) < 4.78 is 27.8. The standard InChI is InChI=1S/C11H16Br2ClNO2S2/c1-11(2,4-3-5-12)7-15-19(16,17)9-6-8(14)10(13)18-9/h6,15H,3-5,7H2,1-2H3. The van der Waals surface area contributed by atoms with Crippen LogP contribution in [0.5, 0.6) is 0 Å². The van der Waals surface area contributed by atoms with Gasteiger partial charge in [0.15, 0.2) is 0 Å². The van der Waals surface area contributed by atoms with E-state index in [4.69, 9.17) is 11.6 Å². The predicted octanol–water partition coefficient (Wildman–Crippen LogP) is 4.64. The van der Waals surface area contributed by atoms with Gasteiger partial charge in [-0.2, -0.15) is 0 Å². The van der Waals surface area contributed by atoms with Gasteiger partial charge in [0.2, 0.25) is 10.0 Å². The molecule has 110 valence electrons. The van der Waals surface area contributed by atoms with Crippen LogP contribution >= 0.6 is 54.8 Å². The molecular formula is C11H16Br2ClNO2S2. The third kappa shape index (κ3) is 5.63. The molecule has 1 N–H and O–H groups in total. The van der Waals surface area contributed by atoms with Crippen LogP contribution in [-0.4, -0.2) is 20.3 Å². The lowest BCUT2D eigenvalue weighted by atomic mass is 9.88. The van der Waals surface area contributed by atoms with Gasteiger partial charge in [-0.1, -0.05) is 41.4 Å². The maximum Gasteiger partial charge on any atom is 0.250 e. The smallest absolute Gasteiger partial charge is 0.210 e. The van der Waals surface area contributed by atoms with Crippen molar-refractivity contribution in [3.8, 4) is 0 Å². The topological polar surface area (TPSA) is 46.2 Å². The van der Waals surface area contributed by atoms with E-state index in [0.29, 0.717) is 15.4 Å². The molecule has 1 aromatic rings. The van der Waals surface area contributed by atoms with Gasteiger partial charge in [-0.05, 0) is 40.3 Å². The molecule has 8 heteroatoms. The minimum absolute atomic E-state index is 0.0703. The van der Waals surface area contributed by atoms with Gasteiger partial charge in [-0.25, -0.2) is 13.1 Å². The van der Waals surface area contributed by atoms with Crippen LogP contribution in [0.2, 0.25) is 5.02 Å². The van der Waals surface area contributed by atoms with Gasteiger partial charge in [0.1, 0.15) is 4.21 Å². The summed E-state index contributed by atoms with van der Waals surface area (Å²) in [5, 5.41) is 1.35. The second kappa shape index (κ2) is 7.22. The molecule has 1 aromatic heterocycles. The van der Waals surface area contributed by atoms with Crippen LogP contribution in [0.3, 0.4) is 0 Å². The Morgan fingerprint density at radius 1 is 1.47 bits per heavy atom. The fourth-order valence-electron chi connectivity index (χ4n) is 1.45. The van der Waals surface area contributed by atoms with Gasteiger partial charge in [-0.15, -0.1) is 11.3 Å². The molecule has 3 nitrogen and oxygen atoms in total. The first-order valence-electron chi connectivity index (χ1n) is 5.68. The maximum absolute atomic E-state index is 12.1. The Hall–Kier alpha value is 0.860. The number of alkyl halides is 1. The molecule has 0 aliphatic carbocycles. The average molecular weight is 454 g/mol. The molecule has 0 saturated heterocycles. The fourth-order valence-corrected chi connectivity index (χ4v) is 5.42. The van der Waals surface area contributed by atoms with Crippen molar-refractivity contribution in [3.05, 3.63) is 14.9 Å². The summed E-state index contributed by atoms with van der Waals surface area (Å²) in [6, 6.07) is 1.46. The third-order valence-corrected chi connectivity index (χ3v) is 7.53. The molecule has 0 radical (unpaired) electrons. The van der Waals surface area contributed by atoms with E-state index >= 15 is 0 Å². The van der Waals surface area contributed by atoms with Gasteiger partial charge in [0.05, 0.1) is 8.81 Å². The van der Waals surface area contributed by atoms with E-state index < -0.39 is 10.0 Å². The van der Waals surface area contributed by atoms with E-state index in [0.717, 1.165) is 29.5 Å². The summed E-state index contributed by atoms with van der Waals surface area (Å²) in [7, 11) is -3.48. The van der Waals surface area contributed by atoms with Gasteiger partial charge in [0.25, 0.3) is 0 Å². The lowest BCUT2D eigenvalue weighted by Crippen LogP contribution is -2.33. The SMILES string of the molecule is CC(C)(CCCBr)CNS(=O)(=O)c1cc(Cl)c(Br)s1. The minimum Gasteiger partial charge on any atom is -0.210 e. The van der Waals surface area contributed by atoms with E-state index in [9.17, 15) is 8.42 Å². The summed E-state index contributed by atoms with van der Waals surface area (Å²) in [6.45, 7) is 4.51. The quantitative estimate of drug-likeness (QED) is 0.611. The number of thiophene rings is 1. The largest absolute Gasteiger partial charge is 0.250 e. The Morgan fingerprint density at radius 3 is 2.58 bits per heavy atom. The van der Waals surface area contributed by atoms with E-state index in [1.54, 1.807) is 0 Å². The molecule has 0 amide bonds. The van der Waals surface area contributed by atoms with Crippen LogP contribution in [0.15, 0.2) is 14.1 Å². The number of halogens is 3. The number of sulfonamides is 1. The van der Waals surface area contributed by atoms with Crippen LogP contribution < -0.4 is 4.72 Å².